The van der Waals surface area contributed by atoms with Crippen molar-refractivity contribution in [3.8, 4) is 0 Å². The molecule has 0 bridgehead atoms. The first-order valence-corrected chi connectivity index (χ1v) is 10.3. The van der Waals surface area contributed by atoms with Crippen molar-refractivity contribution in [1.29, 1.82) is 0 Å². The quantitative estimate of drug-likeness (QED) is 0.593. The number of halogens is 2. The number of aliphatic hydroxyl groups excluding tert-OH is 1. The molecule has 0 spiro atoms. The van der Waals surface area contributed by atoms with Gasteiger partial charge < -0.3 is 20.4 Å². The number of anilines is 3. The van der Waals surface area contributed by atoms with Crippen LogP contribution in [0.5, 0.6) is 0 Å². The summed E-state index contributed by atoms with van der Waals surface area (Å²) in [6.07, 6.45) is 0.493. The molecule has 8 nitrogen and oxygen atoms in total. The Morgan fingerprint density at radius 3 is 2.66 bits per heavy atom. The van der Waals surface area contributed by atoms with Crippen LogP contribution in [-0.2, 0) is 10.0 Å². The number of hydrogen-bond donors (Lipinski definition) is 4. The molecule has 4 rings (SSSR count). The van der Waals surface area contributed by atoms with E-state index < -0.39 is 38.8 Å². The number of aromatic carboxylic acids is 1. The average molecular weight is 425 g/mol. The van der Waals surface area contributed by atoms with Crippen molar-refractivity contribution in [3.05, 3.63) is 47.5 Å². The predicted octanol–water partition coefficient (Wildman–Crippen LogP) is 2.18. The summed E-state index contributed by atoms with van der Waals surface area (Å²) in [5.41, 5.74) is 0.424. The minimum absolute atomic E-state index is 0.0315. The lowest BCUT2D eigenvalue weighted by Gasteiger charge is -2.39. The molecule has 154 valence electrons. The zero-order valence-corrected chi connectivity index (χ0v) is 15.7. The number of carbonyl (C=O) groups is 1. The van der Waals surface area contributed by atoms with E-state index in [1.54, 1.807) is 0 Å². The van der Waals surface area contributed by atoms with Gasteiger partial charge in [-0.1, -0.05) is 0 Å². The molecule has 2 unspecified atom stereocenters. The van der Waals surface area contributed by atoms with Gasteiger partial charge in [0.15, 0.2) is 11.6 Å². The Balaban J connectivity index is 1.82. The smallest absolute Gasteiger partial charge is 0.335 e. The van der Waals surface area contributed by atoms with Gasteiger partial charge >= 0.3 is 5.97 Å². The summed E-state index contributed by atoms with van der Waals surface area (Å²) in [7, 11) is -4.34. The van der Waals surface area contributed by atoms with Crippen LogP contribution in [-0.4, -0.2) is 43.4 Å². The lowest BCUT2D eigenvalue weighted by molar-refractivity contribution is 0.0696. The molecule has 11 heteroatoms. The molecule has 1 fully saturated rings. The molecule has 2 aliphatic rings. The zero-order chi connectivity index (χ0) is 20.9. The second-order valence-corrected chi connectivity index (χ2v) is 8.58. The third kappa shape index (κ3) is 3.36. The Hall–Kier alpha value is -2.92. The maximum absolute atomic E-state index is 13.5. The summed E-state index contributed by atoms with van der Waals surface area (Å²) in [6, 6.07) is 4.32. The van der Waals surface area contributed by atoms with E-state index in [1.807, 2.05) is 4.90 Å². The monoisotopic (exact) mass is 425 g/mol. The Labute approximate surface area is 164 Å². The highest BCUT2D eigenvalue weighted by atomic mass is 32.2. The van der Waals surface area contributed by atoms with Crippen molar-refractivity contribution in [2.45, 2.75) is 30.0 Å². The Bertz CT molecular complexity index is 1110. The fourth-order valence-electron chi connectivity index (χ4n) is 3.76. The van der Waals surface area contributed by atoms with E-state index in [2.05, 4.69) is 10.0 Å². The van der Waals surface area contributed by atoms with Gasteiger partial charge in [-0.3, -0.25) is 4.72 Å². The second kappa shape index (κ2) is 6.85. The summed E-state index contributed by atoms with van der Waals surface area (Å²) in [5, 5.41) is 22.5. The number of nitrogens with one attached hydrogen (secondary N) is 2. The van der Waals surface area contributed by atoms with E-state index in [0.717, 1.165) is 18.6 Å². The first kappa shape index (κ1) is 19.4. The molecule has 2 heterocycles. The SMILES string of the molecule is O=C(O)c1cc2c(c(NS(=O)(=O)c3ccc(F)c(F)c3)c1)N1CCCC1C(O)N2. The third-order valence-electron chi connectivity index (χ3n) is 5.06. The van der Waals surface area contributed by atoms with Gasteiger partial charge in [-0.25, -0.2) is 22.0 Å². The van der Waals surface area contributed by atoms with Gasteiger partial charge in [0, 0.05) is 6.54 Å². The Morgan fingerprint density at radius 1 is 1.21 bits per heavy atom. The molecule has 0 aromatic heterocycles. The van der Waals surface area contributed by atoms with Crippen LogP contribution in [0.15, 0.2) is 35.2 Å². The van der Waals surface area contributed by atoms with E-state index in [-0.39, 0.29) is 23.0 Å². The van der Waals surface area contributed by atoms with Crippen LogP contribution < -0.4 is 14.9 Å². The first-order valence-electron chi connectivity index (χ1n) is 8.78. The van der Waals surface area contributed by atoms with Crippen molar-refractivity contribution in [3.63, 3.8) is 0 Å². The highest BCUT2D eigenvalue weighted by molar-refractivity contribution is 7.92. The number of benzene rings is 2. The van der Waals surface area contributed by atoms with E-state index in [4.69, 9.17) is 0 Å². The lowest BCUT2D eigenvalue weighted by Crippen LogP contribution is -2.47. The average Bonchev–Trinajstić information content (AvgIpc) is 3.13. The van der Waals surface area contributed by atoms with E-state index in [0.29, 0.717) is 30.8 Å². The summed E-state index contributed by atoms with van der Waals surface area (Å²) < 4.78 is 54.5. The molecule has 0 aliphatic carbocycles. The number of carboxylic acids is 1. The summed E-state index contributed by atoms with van der Waals surface area (Å²) >= 11 is 0. The van der Waals surface area contributed by atoms with Gasteiger partial charge in [0.05, 0.1) is 33.6 Å². The molecule has 2 aromatic carbocycles. The predicted molar refractivity (Wildman–Crippen MR) is 101 cm³/mol. The maximum atomic E-state index is 13.5. The van der Waals surface area contributed by atoms with Gasteiger partial charge in [0.1, 0.15) is 6.23 Å². The second-order valence-electron chi connectivity index (χ2n) is 6.90. The molecule has 0 saturated carbocycles. The maximum Gasteiger partial charge on any atom is 0.335 e. The van der Waals surface area contributed by atoms with E-state index in [1.165, 1.54) is 6.07 Å². The highest BCUT2D eigenvalue weighted by Crippen LogP contribution is 2.44. The minimum Gasteiger partial charge on any atom is -0.478 e. The van der Waals surface area contributed by atoms with Crippen LogP contribution in [0.4, 0.5) is 25.8 Å². The summed E-state index contributed by atoms with van der Waals surface area (Å²) in [4.78, 5) is 12.8. The van der Waals surface area contributed by atoms with Crippen LogP contribution in [0.3, 0.4) is 0 Å². The number of nitrogens with zero attached hydrogens (tertiary/aromatic N) is 1. The molecule has 2 aromatic rings. The molecular formula is C18H17F2N3O5S. The van der Waals surface area contributed by atoms with Gasteiger partial charge in [0.25, 0.3) is 10.0 Å². The highest BCUT2D eigenvalue weighted by Gasteiger charge is 2.38. The van der Waals surface area contributed by atoms with Crippen LogP contribution in [0.1, 0.15) is 23.2 Å². The molecule has 0 radical (unpaired) electrons. The molecule has 0 amide bonds. The summed E-state index contributed by atoms with van der Waals surface area (Å²) in [6.45, 7) is 0.544. The van der Waals surface area contributed by atoms with Crippen molar-refractivity contribution >= 4 is 33.1 Å². The number of sulfonamides is 1. The van der Waals surface area contributed by atoms with Crippen LogP contribution in [0.2, 0.25) is 0 Å². The lowest BCUT2D eigenvalue weighted by atomic mass is 10.0. The van der Waals surface area contributed by atoms with Gasteiger partial charge in [0.2, 0.25) is 0 Å². The van der Waals surface area contributed by atoms with E-state index in [9.17, 15) is 32.2 Å². The summed E-state index contributed by atoms with van der Waals surface area (Å²) in [5.74, 6) is -3.80. The van der Waals surface area contributed by atoms with Crippen LogP contribution in [0, 0.1) is 11.6 Å². The number of rotatable bonds is 4. The molecule has 1 saturated heterocycles. The first-order chi connectivity index (χ1) is 13.7. The molecular weight excluding hydrogens is 408 g/mol. The van der Waals surface area contributed by atoms with Crippen molar-refractivity contribution in [2.75, 3.05) is 21.5 Å². The van der Waals surface area contributed by atoms with Crippen LogP contribution >= 0.6 is 0 Å². The molecule has 4 N–H and O–H groups in total. The van der Waals surface area contributed by atoms with E-state index >= 15 is 0 Å². The van der Waals surface area contributed by atoms with Crippen molar-refractivity contribution < 1.29 is 32.2 Å². The number of aliphatic hydroxyl groups is 1. The molecule has 2 aliphatic heterocycles. The minimum atomic E-state index is -4.34. The largest absolute Gasteiger partial charge is 0.478 e. The third-order valence-corrected chi connectivity index (χ3v) is 6.42. The zero-order valence-electron chi connectivity index (χ0n) is 14.9. The van der Waals surface area contributed by atoms with Gasteiger partial charge in [-0.15, -0.1) is 0 Å². The number of hydrogen-bond acceptors (Lipinski definition) is 6. The fourth-order valence-corrected chi connectivity index (χ4v) is 4.83. The standard InChI is InChI=1S/C18H17F2N3O5S/c19-11-4-3-10(8-12(11)20)29(27,28)22-14-7-9(18(25)26)6-13-16(14)23-5-1-2-15(23)17(24)21-13/h3-4,6-8,15,17,21-22,24H,1-2,5H2,(H,25,26). The molecule has 29 heavy (non-hydrogen) atoms. The Kier molecular flexibility index (Phi) is 4.58. The van der Waals surface area contributed by atoms with Crippen molar-refractivity contribution in [1.82, 2.24) is 0 Å². The fraction of sp³-hybridized carbons (Fsp3) is 0.278. The van der Waals surface area contributed by atoms with Gasteiger partial charge in [-0.2, -0.15) is 0 Å². The van der Waals surface area contributed by atoms with Gasteiger partial charge in [-0.05, 0) is 43.2 Å². The van der Waals surface area contributed by atoms with Crippen molar-refractivity contribution in [2.24, 2.45) is 0 Å². The van der Waals surface area contributed by atoms with Crippen LogP contribution in [0.25, 0.3) is 0 Å². The topological polar surface area (TPSA) is 119 Å². The molecule has 2 atom stereocenters. The number of carboxylic acid groups (broad SMARTS) is 1. The normalized spacial score (nSPS) is 20.6. The number of fused-ring (bicyclic) bond motifs is 3. The Morgan fingerprint density at radius 2 is 1.97 bits per heavy atom.